The number of hydrogen-bond donors (Lipinski definition) is 1. The highest BCUT2D eigenvalue weighted by atomic mass is 32.1. The lowest BCUT2D eigenvalue weighted by Crippen LogP contribution is -2.01. The Kier molecular flexibility index (Phi) is 3.01. The summed E-state index contributed by atoms with van der Waals surface area (Å²) in [6.45, 7) is 0.765. The van der Waals surface area contributed by atoms with Crippen LogP contribution in [-0.4, -0.2) is 9.97 Å². The zero-order valence-corrected chi connectivity index (χ0v) is 12.1. The number of nitrogens with zero attached hydrogens (tertiary/aromatic N) is 2. The largest absolute Gasteiger partial charge is 0.365 e. The second-order valence-corrected chi connectivity index (χ2v) is 5.89. The van der Waals surface area contributed by atoms with Crippen LogP contribution in [0.4, 0.5) is 5.82 Å². The van der Waals surface area contributed by atoms with E-state index in [9.17, 15) is 0 Å². The summed E-state index contributed by atoms with van der Waals surface area (Å²) in [7, 11) is 0. The number of fused-ring (bicyclic) bond motifs is 3. The molecule has 3 nitrogen and oxygen atoms in total. The van der Waals surface area contributed by atoms with E-state index in [0.717, 1.165) is 22.6 Å². The minimum atomic E-state index is 0.765. The maximum absolute atomic E-state index is 4.44. The molecular formula is C17H13N3S. The van der Waals surface area contributed by atoms with Gasteiger partial charge in [0.25, 0.3) is 0 Å². The number of nitrogens with one attached hydrogen (secondary N) is 1. The van der Waals surface area contributed by atoms with Gasteiger partial charge in [0.2, 0.25) is 0 Å². The molecule has 0 unspecified atom stereocenters. The van der Waals surface area contributed by atoms with E-state index < -0.39 is 0 Å². The topological polar surface area (TPSA) is 37.8 Å². The Morgan fingerprint density at radius 3 is 2.62 bits per heavy atom. The molecule has 2 aromatic heterocycles. The highest BCUT2D eigenvalue weighted by Crippen LogP contribution is 2.35. The summed E-state index contributed by atoms with van der Waals surface area (Å²) in [5.74, 6) is 0.907. The Hall–Kier alpha value is -2.46. The Bertz CT molecular complexity index is 900. The Labute approximate surface area is 126 Å². The molecule has 0 fully saturated rings. The molecule has 1 N–H and O–H groups in total. The smallest absolute Gasteiger partial charge is 0.147 e. The van der Waals surface area contributed by atoms with Gasteiger partial charge in [0.15, 0.2) is 0 Å². The number of hydrogen-bond acceptors (Lipinski definition) is 4. The molecule has 0 atom stereocenters. The van der Waals surface area contributed by atoms with E-state index in [2.05, 4.69) is 45.6 Å². The average molecular weight is 291 g/mol. The second kappa shape index (κ2) is 5.14. The molecule has 0 aliphatic rings. The van der Waals surface area contributed by atoms with Gasteiger partial charge in [0.05, 0.1) is 10.2 Å². The molecule has 0 saturated carbocycles. The number of thiophene rings is 1. The van der Waals surface area contributed by atoms with Gasteiger partial charge in [0.1, 0.15) is 12.1 Å². The summed E-state index contributed by atoms with van der Waals surface area (Å²) < 4.78 is 2.37. The monoisotopic (exact) mass is 291 g/mol. The first-order valence-corrected chi connectivity index (χ1v) is 7.63. The van der Waals surface area contributed by atoms with Crippen LogP contribution in [0.25, 0.3) is 20.3 Å². The van der Waals surface area contributed by atoms with Crippen molar-refractivity contribution in [1.29, 1.82) is 0 Å². The van der Waals surface area contributed by atoms with Gasteiger partial charge in [-0.25, -0.2) is 9.97 Å². The summed E-state index contributed by atoms with van der Waals surface area (Å²) >= 11 is 1.74. The van der Waals surface area contributed by atoms with Crippen LogP contribution in [-0.2, 0) is 6.54 Å². The summed E-state index contributed by atoms with van der Waals surface area (Å²) in [4.78, 5) is 8.85. The van der Waals surface area contributed by atoms with E-state index in [1.165, 1.54) is 15.6 Å². The van der Waals surface area contributed by atoms with Crippen molar-refractivity contribution in [2.75, 3.05) is 5.32 Å². The predicted molar refractivity (Wildman–Crippen MR) is 88.7 cm³/mol. The van der Waals surface area contributed by atoms with Crippen molar-refractivity contribution in [1.82, 2.24) is 9.97 Å². The molecule has 0 bridgehead atoms. The standard InChI is InChI=1S/C17H13N3S/c1-2-6-12(7-3-1)10-18-17-16-15(19-11-20-17)13-8-4-5-9-14(13)21-16/h1-9,11H,10H2,(H,18,19,20). The van der Waals surface area contributed by atoms with Gasteiger partial charge in [-0.1, -0.05) is 48.5 Å². The van der Waals surface area contributed by atoms with Gasteiger partial charge in [-0.2, -0.15) is 0 Å². The van der Waals surface area contributed by atoms with Crippen LogP contribution in [0.5, 0.6) is 0 Å². The maximum Gasteiger partial charge on any atom is 0.147 e. The summed E-state index contributed by atoms with van der Waals surface area (Å²) in [6.07, 6.45) is 1.63. The van der Waals surface area contributed by atoms with E-state index in [-0.39, 0.29) is 0 Å². The van der Waals surface area contributed by atoms with Crippen LogP contribution in [0, 0.1) is 0 Å². The fraction of sp³-hybridized carbons (Fsp3) is 0.0588. The van der Waals surface area contributed by atoms with Gasteiger partial charge in [0, 0.05) is 16.6 Å². The minimum Gasteiger partial charge on any atom is -0.365 e. The molecule has 0 aliphatic carbocycles. The molecule has 0 aliphatic heterocycles. The Balaban J connectivity index is 1.75. The highest BCUT2D eigenvalue weighted by Gasteiger charge is 2.10. The zero-order chi connectivity index (χ0) is 14.1. The molecule has 2 aromatic carbocycles. The van der Waals surface area contributed by atoms with Crippen molar-refractivity contribution < 1.29 is 0 Å². The first-order valence-electron chi connectivity index (χ1n) is 6.82. The summed E-state index contributed by atoms with van der Waals surface area (Å²) in [6, 6.07) is 18.7. The van der Waals surface area contributed by atoms with Crippen LogP contribution in [0.15, 0.2) is 60.9 Å². The molecule has 0 spiro atoms. The molecule has 4 heteroatoms. The third-order valence-electron chi connectivity index (χ3n) is 3.46. The van der Waals surface area contributed by atoms with Gasteiger partial charge in [-0.05, 0) is 11.6 Å². The highest BCUT2D eigenvalue weighted by molar-refractivity contribution is 7.26. The molecule has 0 amide bonds. The van der Waals surface area contributed by atoms with Gasteiger partial charge in [-0.15, -0.1) is 11.3 Å². The summed E-state index contributed by atoms with van der Waals surface area (Å²) in [5, 5.41) is 4.62. The second-order valence-electron chi connectivity index (χ2n) is 4.84. The van der Waals surface area contributed by atoms with Crippen LogP contribution in [0.1, 0.15) is 5.56 Å². The number of rotatable bonds is 3. The number of benzene rings is 2. The van der Waals surface area contributed by atoms with Crippen LogP contribution in [0.2, 0.25) is 0 Å². The fourth-order valence-corrected chi connectivity index (χ4v) is 3.55. The van der Waals surface area contributed by atoms with E-state index >= 15 is 0 Å². The van der Waals surface area contributed by atoms with Gasteiger partial charge >= 0.3 is 0 Å². The van der Waals surface area contributed by atoms with Crippen LogP contribution in [0.3, 0.4) is 0 Å². The van der Waals surface area contributed by atoms with E-state index in [4.69, 9.17) is 0 Å². The predicted octanol–water partition coefficient (Wildman–Crippen LogP) is 4.46. The quantitative estimate of drug-likeness (QED) is 0.605. The normalized spacial score (nSPS) is 11.0. The van der Waals surface area contributed by atoms with E-state index in [1.54, 1.807) is 17.7 Å². The van der Waals surface area contributed by atoms with Gasteiger partial charge < -0.3 is 5.32 Å². The minimum absolute atomic E-state index is 0.765. The molecule has 21 heavy (non-hydrogen) atoms. The van der Waals surface area contributed by atoms with Crippen molar-refractivity contribution >= 4 is 37.5 Å². The van der Waals surface area contributed by atoms with Crippen molar-refractivity contribution in [2.45, 2.75) is 6.54 Å². The maximum atomic E-state index is 4.44. The molecule has 0 saturated heterocycles. The van der Waals surface area contributed by atoms with Gasteiger partial charge in [-0.3, -0.25) is 0 Å². The Morgan fingerprint density at radius 1 is 0.905 bits per heavy atom. The molecule has 2 heterocycles. The van der Waals surface area contributed by atoms with Crippen molar-refractivity contribution in [3.63, 3.8) is 0 Å². The lowest BCUT2D eigenvalue weighted by molar-refractivity contribution is 1.11. The fourth-order valence-electron chi connectivity index (χ4n) is 2.43. The average Bonchev–Trinajstić information content (AvgIpc) is 2.93. The Morgan fingerprint density at radius 2 is 1.71 bits per heavy atom. The van der Waals surface area contributed by atoms with E-state index in [1.807, 2.05) is 24.3 Å². The molecular weight excluding hydrogens is 278 g/mol. The van der Waals surface area contributed by atoms with Crippen molar-refractivity contribution in [3.05, 3.63) is 66.5 Å². The molecule has 4 aromatic rings. The van der Waals surface area contributed by atoms with E-state index in [0.29, 0.717) is 0 Å². The first-order chi connectivity index (χ1) is 10.4. The lowest BCUT2D eigenvalue weighted by atomic mass is 10.2. The number of anilines is 1. The third kappa shape index (κ3) is 2.23. The zero-order valence-electron chi connectivity index (χ0n) is 11.3. The molecule has 102 valence electrons. The SMILES string of the molecule is c1ccc(CNc2ncnc3c2sc2ccccc23)cc1. The molecule has 4 rings (SSSR count). The van der Waals surface area contributed by atoms with Crippen molar-refractivity contribution in [3.8, 4) is 0 Å². The summed E-state index contributed by atoms with van der Waals surface area (Å²) in [5.41, 5.74) is 2.27. The van der Waals surface area contributed by atoms with Crippen LogP contribution < -0.4 is 5.32 Å². The third-order valence-corrected chi connectivity index (χ3v) is 4.63. The van der Waals surface area contributed by atoms with Crippen molar-refractivity contribution in [2.24, 2.45) is 0 Å². The lowest BCUT2D eigenvalue weighted by Gasteiger charge is -2.05. The number of aromatic nitrogens is 2. The van der Waals surface area contributed by atoms with Crippen LogP contribution >= 0.6 is 11.3 Å². The first kappa shape index (κ1) is 12.3. The molecule has 0 radical (unpaired) electrons.